The van der Waals surface area contributed by atoms with Crippen molar-refractivity contribution in [2.45, 2.75) is 0 Å². The van der Waals surface area contributed by atoms with Gasteiger partial charge in [-0.15, -0.1) is 0 Å². The first kappa shape index (κ1) is 15.1. The van der Waals surface area contributed by atoms with Crippen molar-refractivity contribution < 1.29 is 24.5 Å². The van der Waals surface area contributed by atoms with Crippen molar-refractivity contribution in [2.75, 3.05) is 4.90 Å². The zero-order valence-corrected chi connectivity index (χ0v) is 11.7. The summed E-state index contributed by atoms with van der Waals surface area (Å²) in [6.07, 6.45) is 0. The second-order valence-electron chi connectivity index (χ2n) is 4.86. The van der Waals surface area contributed by atoms with Gasteiger partial charge in [0.2, 0.25) is 0 Å². The Bertz CT molecular complexity index is 938. The van der Waals surface area contributed by atoms with Crippen LogP contribution in [-0.2, 0) is 0 Å². The van der Waals surface area contributed by atoms with Crippen molar-refractivity contribution in [1.29, 1.82) is 0 Å². The first-order chi connectivity index (χ1) is 11.3. The van der Waals surface area contributed by atoms with Crippen LogP contribution in [0.1, 0.15) is 20.7 Å². The number of benzene rings is 2. The number of aromatic hydroxyl groups is 1. The molecule has 0 unspecified atom stereocenters. The summed E-state index contributed by atoms with van der Waals surface area (Å²) in [6.45, 7) is 0. The number of phenolic OH excluding ortho intramolecular Hbond substituents is 1. The third kappa shape index (κ3) is 2.13. The molecule has 0 aliphatic carbocycles. The van der Waals surface area contributed by atoms with E-state index in [0.29, 0.717) is 4.90 Å². The van der Waals surface area contributed by atoms with Crippen LogP contribution in [0.25, 0.3) is 0 Å². The summed E-state index contributed by atoms with van der Waals surface area (Å²) in [5.41, 5.74) is -1.24. The number of anilines is 1. The molecule has 0 aromatic heterocycles. The highest BCUT2D eigenvalue weighted by Gasteiger charge is 2.39. The van der Waals surface area contributed by atoms with E-state index in [4.69, 9.17) is 0 Å². The monoisotopic (exact) mass is 329 g/mol. The summed E-state index contributed by atoms with van der Waals surface area (Å²) in [4.78, 5) is 45.4. The second kappa shape index (κ2) is 5.12. The lowest BCUT2D eigenvalue weighted by Gasteiger charge is -2.14. The van der Waals surface area contributed by atoms with Gasteiger partial charge in [-0.05, 0) is 12.1 Å². The Balaban J connectivity index is 2.08. The molecule has 1 aliphatic rings. The van der Waals surface area contributed by atoms with Crippen molar-refractivity contribution in [3.63, 3.8) is 0 Å². The molecule has 0 atom stereocenters. The van der Waals surface area contributed by atoms with E-state index in [1.54, 1.807) is 0 Å². The molecule has 120 valence electrons. The minimum atomic E-state index is -0.858. The normalized spacial score (nSPS) is 13.1. The Hall–Kier alpha value is -3.82. The molecule has 0 radical (unpaired) electrons. The van der Waals surface area contributed by atoms with E-state index in [2.05, 4.69) is 0 Å². The SMILES string of the molecule is O=C1c2ccc([N+](=O)[O-])cc2C(=O)N1c1ccc([N+](=O)[O-])cc1O. The van der Waals surface area contributed by atoms with Gasteiger partial charge in [-0.3, -0.25) is 29.8 Å². The first-order valence-electron chi connectivity index (χ1n) is 6.46. The van der Waals surface area contributed by atoms with E-state index in [0.717, 1.165) is 36.4 Å². The van der Waals surface area contributed by atoms with Gasteiger partial charge in [0.15, 0.2) is 0 Å². The Kier molecular flexibility index (Phi) is 3.22. The Morgan fingerprint density at radius 1 is 0.833 bits per heavy atom. The molecule has 24 heavy (non-hydrogen) atoms. The molecule has 3 rings (SSSR count). The highest BCUT2D eigenvalue weighted by Crippen LogP contribution is 2.37. The summed E-state index contributed by atoms with van der Waals surface area (Å²) in [6, 6.07) is 6.10. The number of nitrogens with zero attached hydrogens (tertiary/aromatic N) is 3. The molecule has 0 bridgehead atoms. The van der Waals surface area contributed by atoms with Gasteiger partial charge in [-0.1, -0.05) is 0 Å². The quantitative estimate of drug-likeness (QED) is 0.515. The molecule has 1 heterocycles. The van der Waals surface area contributed by atoms with Gasteiger partial charge in [-0.2, -0.15) is 0 Å². The standard InChI is InChI=1S/C14H7N3O7/c18-12-6-8(17(23)24)2-4-11(12)15-13(19)9-3-1-7(16(21)22)5-10(9)14(15)20/h1-6,18H. The highest BCUT2D eigenvalue weighted by atomic mass is 16.6. The Morgan fingerprint density at radius 3 is 1.96 bits per heavy atom. The van der Waals surface area contributed by atoms with Gasteiger partial charge in [-0.25, -0.2) is 4.90 Å². The number of fused-ring (bicyclic) bond motifs is 1. The highest BCUT2D eigenvalue weighted by molar-refractivity contribution is 6.35. The van der Waals surface area contributed by atoms with E-state index in [1.807, 2.05) is 0 Å². The number of rotatable bonds is 3. The zero-order chi connectivity index (χ0) is 17.6. The molecule has 0 fully saturated rings. The van der Waals surface area contributed by atoms with Gasteiger partial charge in [0.05, 0.1) is 32.7 Å². The lowest BCUT2D eigenvalue weighted by molar-refractivity contribution is -0.385. The van der Waals surface area contributed by atoms with E-state index in [1.165, 1.54) is 0 Å². The van der Waals surface area contributed by atoms with Crippen LogP contribution in [0.3, 0.4) is 0 Å². The van der Waals surface area contributed by atoms with Crippen LogP contribution < -0.4 is 4.90 Å². The summed E-state index contributed by atoms with van der Waals surface area (Å²) in [7, 11) is 0. The maximum absolute atomic E-state index is 12.4. The Labute approximate surface area is 132 Å². The summed E-state index contributed by atoms with van der Waals surface area (Å²) < 4.78 is 0. The van der Waals surface area contributed by atoms with Crippen molar-refractivity contribution in [3.05, 3.63) is 67.8 Å². The first-order valence-corrected chi connectivity index (χ1v) is 6.46. The van der Waals surface area contributed by atoms with E-state index < -0.39 is 33.1 Å². The lowest BCUT2D eigenvalue weighted by atomic mass is 10.1. The summed E-state index contributed by atoms with van der Waals surface area (Å²) in [5.74, 6) is -2.27. The largest absolute Gasteiger partial charge is 0.505 e. The minimum Gasteiger partial charge on any atom is -0.505 e. The fourth-order valence-electron chi connectivity index (χ4n) is 2.38. The lowest BCUT2D eigenvalue weighted by Crippen LogP contribution is -2.29. The van der Waals surface area contributed by atoms with Gasteiger partial charge in [0, 0.05) is 18.2 Å². The van der Waals surface area contributed by atoms with Crippen molar-refractivity contribution >= 4 is 28.9 Å². The topological polar surface area (TPSA) is 144 Å². The zero-order valence-electron chi connectivity index (χ0n) is 11.7. The number of imide groups is 1. The van der Waals surface area contributed by atoms with E-state index in [9.17, 15) is 34.9 Å². The third-order valence-electron chi connectivity index (χ3n) is 3.49. The molecule has 2 aromatic carbocycles. The molecule has 1 aliphatic heterocycles. The van der Waals surface area contributed by atoms with Crippen LogP contribution in [0.15, 0.2) is 36.4 Å². The maximum atomic E-state index is 12.4. The predicted octanol–water partition coefficient (Wildman–Crippen LogP) is 2.01. The molecule has 10 heteroatoms. The fourth-order valence-corrected chi connectivity index (χ4v) is 2.38. The second-order valence-corrected chi connectivity index (χ2v) is 4.86. The molecule has 0 spiro atoms. The van der Waals surface area contributed by atoms with Crippen LogP contribution in [0.4, 0.5) is 17.1 Å². The Morgan fingerprint density at radius 2 is 1.38 bits per heavy atom. The van der Waals surface area contributed by atoms with Crippen LogP contribution in [0, 0.1) is 20.2 Å². The molecule has 1 N–H and O–H groups in total. The van der Waals surface area contributed by atoms with Crippen LogP contribution in [0.5, 0.6) is 5.75 Å². The molecule has 2 aromatic rings. The number of nitro benzene ring substituents is 2. The smallest absolute Gasteiger partial charge is 0.273 e. The molecular weight excluding hydrogens is 322 g/mol. The van der Waals surface area contributed by atoms with Crippen molar-refractivity contribution in [1.82, 2.24) is 0 Å². The number of phenols is 1. The number of hydrogen-bond acceptors (Lipinski definition) is 7. The number of carbonyl (C=O) groups is 2. The van der Waals surface area contributed by atoms with Crippen molar-refractivity contribution in [3.8, 4) is 5.75 Å². The molecular formula is C14H7N3O7. The third-order valence-corrected chi connectivity index (χ3v) is 3.49. The van der Waals surface area contributed by atoms with E-state index in [-0.39, 0.29) is 22.5 Å². The molecule has 0 saturated heterocycles. The van der Waals surface area contributed by atoms with E-state index >= 15 is 0 Å². The fraction of sp³-hybridized carbons (Fsp3) is 0. The summed E-state index contributed by atoms with van der Waals surface area (Å²) in [5, 5.41) is 31.4. The van der Waals surface area contributed by atoms with Gasteiger partial charge >= 0.3 is 0 Å². The average molecular weight is 329 g/mol. The number of nitro groups is 2. The van der Waals surface area contributed by atoms with Gasteiger partial charge in [0.1, 0.15) is 5.75 Å². The molecule has 2 amide bonds. The molecule has 10 nitrogen and oxygen atoms in total. The number of non-ortho nitro benzene ring substituents is 2. The van der Waals surface area contributed by atoms with Crippen molar-refractivity contribution in [2.24, 2.45) is 0 Å². The number of carbonyl (C=O) groups excluding carboxylic acids is 2. The minimum absolute atomic E-state index is 0.0525. The van der Waals surface area contributed by atoms with Crippen LogP contribution in [0.2, 0.25) is 0 Å². The van der Waals surface area contributed by atoms with Gasteiger partial charge < -0.3 is 5.11 Å². The number of amides is 2. The van der Waals surface area contributed by atoms with Crippen LogP contribution in [-0.4, -0.2) is 26.8 Å². The molecule has 0 saturated carbocycles. The van der Waals surface area contributed by atoms with Crippen LogP contribution >= 0.6 is 0 Å². The average Bonchev–Trinajstić information content (AvgIpc) is 2.78. The summed E-state index contributed by atoms with van der Waals surface area (Å²) >= 11 is 0. The number of hydrogen-bond donors (Lipinski definition) is 1. The maximum Gasteiger partial charge on any atom is 0.273 e. The van der Waals surface area contributed by atoms with Gasteiger partial charge in [0.25, 0.3) is 23.2 Å². The predicted molar refractivity (Wildman–Crippen MR) is 79.0 cm³/mol.